The maximum Gasteiger partial charge on any atom is 0.224 e. The zero-order chi connectivity index (χ0) is 15.2. The number of amides is 1. The minimum Gasteiger partial charge on any atom is -0.497 e. The standard InChI is InChI=1S/C17H18BrNO2/c1-12-3-7-14(18)11-16(12)19-17(20)10-6-13-4-8-15(21-2)9-5-13/h3-5,7-9,11H,6,10H2,1-2H3,(H,19,20). The molecule has 0 bridgehead atoms. The molecule has 3 nitrogen and oxygen atoms in total. The van der Waals surface area contributed by atoms with Gasteiger partial charge in [0.1, 0.15) is 5.75 Å². The number of rotatable bonds is 5. The second-order valence-electron chi connectivity index (χ2n) is 4.86. The van der Waals surface area contributed by atoms with E-state index in [0.717, 1.165) is 27.0 Å². The van der Waals surface area contributed by atoms with Gasteiger partial charge in [0, 0.05) is 16.6 Å². The Morgan fingerprint density at radius 3 is 2.57 bits per heavy atom. The molecule has 0 saturated heterocycles. The third-order valence-electron chi connectivity index (χ3n) is 3.27. The molecule has 0 spiro atoms. The Morgan fingerprint density at radius 2 is 1.90 bits per heavy atom. The molecule has 2 rings (SSSR count). The van der Waals surface area contributed by atoms with E-state index >= 15 is 0 Å². The van der Waals surface area contributed by atoms with Gasteiger partial charge in [-0.3, -0.25) is 4.79 Å². The highest BCUT2D eigenvalue weighted by Gasteiger charge is 2.06. The Hall–Kier alpha value is -1.81. The molecule has 0 atom stereocenters. The molecule has 4 heteroatoms. The first-order chi connectivity index (χ1) is 10.1. The number of aryl methyl sites for hydroxylation is 2. The maximum atomic E-state index is 12.0. The molecule has 0 unspecified atom stereocenters. The van der Waals surface area contributed by atoms with E-state index < -0.39 is 0 Å². The number of hydrogen-bond donors (Lipinski definition) is 1. The van der Waals surface area contributed by atoms with E-state index in [0.29, 0.717) is 12.8 Å². The van der Waals surface area contributed by atoms with Gasteiger partial charge in [0.15, 0.2) is 0 Å². The first kappa shape index (κ1) is 15.6. The average Bonchev–Trinajstić information content (AvgIpc) is 2.49. The number of carbonyl (C=O) groups is 1. The summed E-state index contributed by atoms with van der Waals surface area (Å²) < 4.78 is 6.07. The largest absolute Gasteiger partial charge is 0.497 e. The normalized spacial score (nSPS) is 10.2. The van der Waals surface area contributed by atoms with Crippen LogP contribution in [-0.4, -0.2) is 13.0 Å². The van der Waals surface area contributed by atoms with Crippen molar-refractivity contribution >= 4 is 27.5 Å². The maximum absolute atomic E-state index is 12.0. The molecule has 0 aliphatic carbocycles. The number of anilines is 1. The second-order valence-corrected chi connectivity index (χ2v) is 5.77. The number of benzene rings is 2. The van der Waals surface area contributed by atoms with Gasteiger partial charge in [-0.1, -0.05) is 34.1 Å². The lowest BCUT2D eigenvalue weighted by molar-refractivity contribution is -0.116. The van der Waals surface area contributed by atoms with Crippen LogP contribution >= 0.6 is 15.9 Å². The van der Waals surface area contributed by atoms with Crippen molar-refractivity contribution in [1.29, 1.82) is 0 Å². The predicted octanol–water partition coefficient (Wildman–Crippen LogP) is 4.34. The van der Waals surface area contributed by atoms with Gasteiger partial charge in [-0.05, 0) is 48.7 Å². The molecule has 0 aromatic heterocycles. The lowest BCUT2D eigenvalue weighted by atomic mass is 10.1. The molecule has 2 aromatic carbocycles. The average molecular weight is 348 g/mol. The predicted molar refractivity (Wildman–Crippen MR) is 88.8 cm³/mol. The van der Waals surface area contributed by atoms with Crippen molar-refractivity contribution in [3.05, 3.63) is 58.1 Å². The molecular formula is C17H18BrNO2. The van der Waals surface area contributed by atoms with Crippen molar-refractivity contribution in [1.82, 2.24) is 0 Å². The van der Waals surface area contributed by atoms with Crippen LogP contribution in [0.1, 0.15) is 17.5 Å². The van der Waals surface area contributed by atoms with E-state index in [1.807, 2.05) is 49.4 Å². The molecule has 21 heavy (non-hydrogen) atoms. The van der Waals surface area contributed by atoms with Gasteiger partial charge in [0.2, 0.25) is 5.91 Å². The molecule has 1 N–H and O–H groups in total. The minimum absolute atomic E-state index is 0.0204. The number of ether oxygens (including phenoxy) is 1. The molecule has 2 aromatic rings. The third-order valence-corrected chi connectivity index (χ3v) is 3.77. The summed E-state index contributed by atoms with van der Waals surface area (Å²) in [6.45, 7) is 1.98. The van der Waals surface area contributed by atoms with E-state index in [9.17, 15) is 4.79 Å². The Morgan fingerprint density at radius 1 is 1.19 bits per heavy atom. The van der Waals surface area contributed by atoms with E-state index in [1.165, 1.54) is 0 Å². The Kier molecular flexibility index (Phi) is 5.39. The fourth-order valence-corrected chi connectivity index (χ4v) is 2.35. The van der Waals surface area contributed by atoms with E-state index in [1.54, 1.807) is 7.11 Å². The first-order valence-electron chi connectivity index (χ1n) is 6.77. The fourth-order valence-electron chi connectivity index (χ4n) is 1.99. The van der Waals surface area contributed by atoms with Crippen LogP contribution < -0.4 is 10.1 Å². The van der Waals surface area contributed by atoms with Crippen molar-refractivity contribution in [3.8, 4) is 5.75 Å². The number of methoxy groups -OCH3 is 1. The van der Waals surface area contributed by atoms with E-state index in [4.69, 9.17) is 4.74 Å². The van der Waals surface area contributed by atoms with E-state index in [2.05, 4.69) is 21.2 Å². The van der Waals surface area contributed by atoms with Crippen molar-refractivity contribution in [2.45, 2.75) is 19.8 Å². The summed E-state index contributed by atoms with van der Waals surface area (Å²) in [5.74, 6) is 0.847. The van der Waals surface area contributed by atoms with Crippen LogP contribution in [0.4, 0.5) is 5.69 Å². The van der Waals surface area contributed by atoms with E-state index in [-0.39, 0.29) is 5.91 Å². The lowest BCUT2D eigenvalue weighted by Crippen LogP contribution is -2.13. The topological polar surface area (TPSA) is 38.3 Å². The van der Waals surface area contributed by atoms with Gasteiger partial charge in [-0.2, -0.15) is 0 Å². The Balaban J connectivity index is 1.91. The van der Waals surface area contributed by atoms with Gasteiger partial charge in [-0.25, -0.2) is 0 Å². The third kappa shape index (κ3) is 4.60. The van der Waals surface area contributed by atoms with Crippen LogP contribution in [0.25, 0.3) is 0 Å². The highest BCUT2D eigenvalue weighted by Crippen LogP contribution is 2.21. The highest BCUT2D eigenvalue weighted by molar-refractivity contribution is 9.10. The summed E-state index contributed by atoms with van der Waals surface area (Å²) in [6, 6.07) is 13.6. The van der Waals surface area contributed by atoms with Crippen molar-refractivity contribution in [2.75, 3.05) is 12.4 Å². The molecular weight excluding hydrogens is 330 g/mol. The van der Waals surface area contributed by atoms with Gasteiger partial charge >= 0.3 is 0 Å². The summed E-state index contributed by atoms with van der Waals surface area (Å²) in [7, 11) is 1.64. The number of hydrogen-bond acceptors (Lipinski definition) is 2. The zero-order valence-corrected chi connectivity index (χ0v) is 13.7. The molecule has 110 valence electrons. The second kappa shape index (κ2) is 7.27. The number of carbonyl (C=O) groups excluding carboxylic acids is 1. The van der Waals surface area contributed by atoms with Crippen molar-refractivity contribution in [2.24, 2.45) is 0 Å². The smallest absolute Gasteiger partial charge is 0.224 e. The Labute approximate surface area is 133 Å². The van der Waals surface area contributed by atoms with Crippen LogP contribution in [0.15, 0.2) is 46.9 Å². The zero-order valence-electron chi connectivity index (χ0n) is 12.2. The lowest BCUT2D eigenvalue weighted by Gasteiger charge is -2.09. The molecule has 0 radical (unpaired) electrons. The molecule has 1 amide bonds. The van der Waals surface area contributed by atoms with Gasteiger partial charge in [0.05, 0.1) is 7.11 Å². The van der Waals surface area contributed by atoms with Crippen LogP contribution in [0.5, 0.6) is 5.75 Å². The van der Waals surface area contributed by atoms with Crippen molar-refractivity contribution in [3.63, 3.8) is 0 Å². The van der Waals surface area contributed by atoms with Crippen LogP contribution in [0.2, 0.25) is 0 Å². The quantitative estimate of drug-likeness (QED) is 0.873. The summed E-state index contributed by atoms with van der Waals surface area (Å²) in [5.41, 5.74) is 3.03. The summed E-state index contributed by atoms with van der Waals surface area (Å²) in [4.78, 5) is 12.0. The van der Waals surface area contributed by atoms with Gasteiger partial charge in [0.25, 0.3) is 0 Å². The Bertz CT molecular complexity index is 623. The molecule has 0 fully saturated rings. The molecule has 0 saturated carbocycles. The monoisotopic (exact) mass is 347 g/mol. The number of halogens is 1. The molecule has 0 heterocycles. The fraction of sp³-hybridized carbons (Fsp3) is 0.235. The van der Waals surface area contributed by atoms with Crippen LogP contribution in [0.3, 0.4) is 0 Å². The summed E-state index contributed by atoms with van der Waals surface area (Å²) >= 11 is 3.41. The van der Waals surface area contributed by atoms with Gasteiger partial charge < -0.3 is 10.1 Å². The molecule has 0 aliphatic heterocycles. The van der Waals surface area contributed by atoms with Gasteiger partial charge in [-0.15, -0.1) is 0 Å². The first-order valence-corrected chi connectivity index (χ1v) is 7.56. The number of nitrogens with one attached hydrogen (secondary N) is 1. The highest BCUT2D eigenvalue weighted by atomic mass is 79.9. The van der Waals surface area contributed by atoms with Crippen LogP contribution in [-0.2, 0) is 11.2 Å². The SMILES string of the molecule is COc1ccc(CCC(=O)Nc2cc(Br)ccc2C)cc1. The summed E-state index contributed by atoms with van der Waals surface area (Å²) in [6.07, 6.45) is 1.17. The molecule has 0 aliphatic rings. The van der Waals surface area contributed by atoms with Crippen LogP contribution in [0, 0.1) is 6.92 Å². The van der Waals surface area contributed by atoms with Crippen molar-refractivity contribution < 1.29 is 9.53 Å². The summed E-state index contributed by atoms with van der Waals surface area (Å²) in [5, 5.41) is 2.95. The minimum atomic E-state index is 0.0204.